The molecule has 1 heterocycles. The Bertz CT molecular complexity index is 248. The van der Waals surface area contributed by atoms with Gasteiger partial charge in [-0.1, -0.05) is 38.5 Å². The van der Waals surface area contributed by atoms with Gasteiger partial charge in [0.1, 0.15) is 0 Å². The smallest absolute Gasteiger partial charge is 0.00772 e. The summed E-state index contributed by atoms with van der Waals surface area (Å²) in [6, 6.07) is 2.35. The molecule has 0 spiro atoms. The predicted molar refractivity (Wildman–Crippen MR) is 68.7 cm³/mol. The Morgan fingerprint density at radius 2 is 1.33 bits per heavy atom. The van der Waals surface area contributed by atoms with Crippen LogP contribution < -0.4 is 0 Å². The summed E-state index contributed by atoms with van der Waals surface area (Å²) in [5.41, 5.74) is 1.65. The molecule has 0 nitrogen and oxygen atoms in total. The van der Waals surface area contributed by atoms with Gasteiger partial charge in [-0.15, -0.1) is 11.3 Å². The molecule has 0 aromatic carbocycles. The molecule has 15 heavy (non-hydrogen) atoms. The zero-order chi connectivity index (χ0) is 10.3. The minimum absolute atomic E-state index is 1.33. The minimum atomic E-state index is 1.33. The maximum atomic E-state index is 2.35. The molecule has 0 saturated heterocycles. The van der Waals surface area contributed by atoms with Crippen LogP contribution in [0.3, 0.4) is 0 Å². The van der Waals surface area contributed by atoms with Gasteiger partial charge in [-0.05, 0) is 42.7 Å². The highest BCUT2D eigenvalue weighted by molar-refractivity contribution is 7.10. The Balaban J connectivity index is 1.92. The highest BCUT2D eigenvalue weighted by Gasteiger charge is 2.05. The van der Waals surface area contributed by atoms with E-state index in [-0.39, 0.29) is 0 Å². The Hall–Kier alpha value is -0.300. The fraction of sp³-hybridized carbons (Fsp3) is 0.714. The summed E-state index contributed by atoms with van der Waals surface area (Å²) in [7, 11) is 0. The van der Waals surface area contributed by atoms with Crippen molar-refractivity contribution in [3.63, 3.8) is 0 Å². The average molecular weight is 222 g/mol. The van der Waals surface area contributed by atoms with Crippen LogP contribution in [0.5, 0.6) is 0 Å². The van der Waals surface area contributed by atoms with Gasteiger partial charge in [0, 0.05) is 4.88 Å². The van der Waals surface area contributed by atoms with Crippen molar-refractivity contribution in [1.82, 2.24) is 0 Å². The molecule has 1 aromatic heterocycles. The van der Waals surface area contributed by atoms with Gasteiger partial charge in [0.25, 0.3) is 0 Å². The van der Waals surface area contributed by atoms with Gasteiger partial charge in [-0.2, -0.15) is 0 Å². The van der Waals surface area contributed by atoms with Crippen molar-refractivity contribution in [1.29, 1.82) is 0 Å². The molecule has 2 rings (SSSR count). The molecule has 0 N–H and O–H groups in total. The van der Waals surface area contributed by atoms with Crippen molar-refractivity contribution in [3.05, 3.63) is 21.9 Å². The van der Waals surface area contributed by atoms with Crippen LogP contribution in [-0.2, 0) is 12.8 Å². The SMILES string of the molecule is c1cc2c(s1)CCCCCCCCCC2. The van der Waals surface area contributed by atoms with Crippen LogP contribution in [0, 0.1) is 0 Å². The van der Waals surface area contributed by atoms with Gasteiger partial charge in [-0.25, -0.2) is 0 Å². The second kappa shape index (κ2) is 6.32. The van der Waals surface area contributed by atoms with E-state index in [1.807, 2.05) is 11.3 Å². The predicted octanol–water partition coefficient (Wildman–Crippen LogP) is 4.97. The summed E-state index contributed by atoms with van der Waals surface area (Å²) in [5, 5.41) is 2.28. The summed E-state index contributed by atoms with van der Waals surface area (Å²) >= 11 is 1.98. The maximum Gasteiger partial charge on any atom is 0.00772 e. The molecular weight excluding hydrogens is 200 g/mol. The van der Waals surface area contributed by atoms with Crippen molar-refractivity contribution in [3.8, 4) is 0 Å². The van der Waals surface area contributed by atoms with Crippen LogP contribution in [0.4, 0.5) is 0 Å². The monoisotopic (exact) mass is 222 g/mol. The van der Waals surface area contributed by atoms with E-state index >= 15 is 0 Å². The fourth-order valence-electron chi connectivity index (χ4n) is 2.47. The molecule has 0 radical (unpaired) electrons. The first-order chi connectivity index (χ1) is 7.47. The molecule has 0 amide bonds. The Kier molecular flexibility index (Phi) is 4.72. The molecule has 1 aromatic rings. The molecule has 1 aliphatic carbocycles. The third-order valence-electron chi connectivity index (χ3n) is 3.44. The number of fused-ring (bicyclic) bond motifs is 1. The van der Waals surface area contributed by atoms with Crippen molar-refractivity contribution < 1.29 is 0 Å². The third-order valence-corrected chi connectivity index (χ3v) is 4.46. The first kappa shape index (κ1) is 11.2. The average Bonchev–Trinajstić information content (AvgIpc) is 2.65. The number of thiophene rings is 1. The van der Waals surface area contributed by atoms with Crippen LogP contribution in [0.2, 0.25) is 0 Å². The van der Waals surface area contributed by atoms with Crippen molar-refractivity contribution >= 4 is 11.3 Å². The van der Waals surface area contributed by atoms with Gasteiger partial charge in [0.2, 0.25) is 0 Å². The quantitative estimate of drug-likeness (QED) is 0.581. The summed E-state index contributed by atoms with van der Waals surface area (Å²) in [4.78, 5) is 1.68. The molecule has 0 atom stereocenters. The lowest BCUT2D eigenvalue weighted by Gasteiger charge is -2.07. The Morgan fingerprint density at radius 3 is 2.07 bits per heavy atom. The molecule has 0 aliphatic heterocycles. The van der Waals surface area contributed by atoms with Crippen molar-refractivity contribution in [2.24, 2.45) is 0 Å². The van der Waals surface area contributed by atoms with Crippen LogP contribution in [0.15, 0.2) is 11.4 Å². The molecular formula is C14H22S. The van der Waals surface area contributed by atoms with Gasteiger partial charge in [0.15, 0.2) is 0 Å². The summed E-state index contributed by atoms with van der Waals surface area (Å²) in [6.07, 6.45) is 14.2. The van der Waals surface area contributed by atoms with Crippen LogP contribution in [0.1, 0.15) is 61.8 Å². The molecule has 0 saturated carbocycles. The molecule has 0 unspecified atom stereocenters. The van der Waals surface area contributed by atoms with E-state index in [1.54, 1.807) is 10.4 Å². The Labute approximate surface area is 97.7 Å². The first-order valence-corrected chi connectivity index (χ1v) is 7.40. The summed E-state index contributed by atoms with van der Waals surface area (Å²) in [6.45, 7) is 0. The lowest BCUT2D eigenvalue weighted by Crippen LogP contribution is -1.92. The number of rotatable bonds is 0. The van der Waals surface area contributed by atoms with Crippen LogP contribution in [-0.4, -0.2) is 0 Å². The van der Waals surface area contributed by atoms with E-state index in [0.29, 0.717) is 0 Å². The number of hydrogen-bond acceptors (Lipinski definition) is 1. The third kappa shape index (κ3) is 3.64. The molecule has 84 valence electrons. The van der Waals surface area contributed by atoms with Gasteiger partial charge >= 0.3 is 0 Å². The molecule has 1 aliphatic rings. The fourth-order valence-corrected chi connectivity index (χ4v) is 3.45. The van der Waals surface area contributed by atoms with Gasteiger partial charge in [0.05, 0.1) is 0 Å². The second-order valence-corrected chi connectivity index (χ2v) is 5.70. The maximum absolute atomic E-state index is 2.35. The van der Waals surface area contributed by atoms with E-state index in [1.165, 1.54) is 64.2 Å². The van der Waals surface area contributed by atoms with E-state index in [0.717, 1.165) is 0 Å². The number of aryl methyl sites for hydroxylation is 2. The Morgan fingerprint density at radius 1 is 0.733 bits per heavy atom. The summed E-state index contributed by atoms with van der Waals surface area (Å²) < 4.78 is 0. The van der Waals surface area contributed by atoms with Crippen LogP contribution in [0.25, 0.3) is 0 Å². The topological polar surface area (TPSA) is 0 Å². The lowest BCUT2D eigenvalue weighted by molar-refractivity contribution is 0.561. The zero-order valence-electron chi connectivity index (χ0n) is 9.63. The van der Waals surface area contributed by atoms with E-state index in [4.69, 9.17) is 0 Å². The summed E-state index contributed by atoms with van der Waals surface area (Å²) in [5.74, 6) is 0. The lowest BCUT2D eigenvalue weighted by atomic mass is 10.0. The van der Waals surface area contributed by atoms with Crippen molar-refractivity contribution in [2.45, 2.75) is 64.2 Å². The number of hydrogen-bond donors (Lipinski definition) is 0. The van der Waals surface area contributed by atoms with E-state index < -0.39 is 0 Å². The first-order valence-electron chi connectivity index (χ1n) is 6.52. The highest BCUT2D eigenvalue weighted by Crippen LogP contribution is 2.23. The molecule has 1 heteroatoms. The minimum Gasteiger partial charge on any atom is -0.149 e. The second-order valence-electron chi connectivity index (χ2n) is 4.70. The van der Waals surface area contributed by atoms with Gasteiger partial charge in [-0.3, -0.25) is 0 Å². The van der Waals surface area contributed by atoms with Crippen LogP contribution >= 0.6 is 11.3 Å². The normalized spacial score (nSPS) is 20.0. The zero-order valence-corrected chi connectivity index (χ0v) is 10.5. The highest BCUT2D eigenvalue weighted by atomic mass is 32.1. The standard InChI is InChI=1S/C14H22S/c1-2-4-6-8-10-14-13(11-12-15-14)9-7-5-3-1/h11-12H,1-10H2. The van der Waals surface area contributed by atoms with Gasteiger partial charge < -0.3 is 0 Å². The van der Waals surface area contributed by atoms with E-state index in [9.17, 15) is 0 Å². The molecule has 0 bridgehead atoms. The largest absolute Gasteiger partial charge is 0.149 e. The van der Waals surface area contributed by atoms with Crippen molar-refractivity contribution in [2.75, 3.05) is 0 Å². The van der Waals surface area contributed by atoms with E-state index in [2.05, 4.69) is 11.4 Å². The molecule has 0 fully saturated rings.